The smallest absolute Gasteiger partial charge is 0.308 e. The SMILES string of the molecule is COC(=O)[C@@H]1CC[C@@]2([Si](C)(C)C(C)(C)C)[C@@H](C(=O)OC)C[C@@]2(C)C1. The molecule has 5 heteroatoms. The highest BCUT2D eigenvalue weighted by molar-refractivity contribution is 6.83. The van der Waals surface area contributed by atoms with Crippen molar-refractivity contribution in [3.05, 3.63) is 0 Å². The number of rotatable bonds is 3. The number of hydrogen-bond donors (Lipinski definition) is 0. The van der Waals surface area contributed by atoms with Crippen LogP contribution in [0, 0.1) is 17.3 Å². The Morgan fingerprint density at radius 1 is 1.04 bits per heavy atom. The Morgan fingerprint density at radius 3 is 2.00 bits per heavy atom. The molecule has 0 saturated heterocycles. The van der Waals surface area contributed by atoms with Crippen molar-refractivity contribution in [2.45, 2.75) is 76.5 Å². The van der Waals surface area contributed by atoms with Gasteiger partial charge >= 0.3 is 11.9 Å². The van der Waals surface area contributed by atoms with E-state index >= 15 is 0 Å². The molecule has 2 fully saturated rings. The lowest BCUT2D eigenvalue weighted by atomic mass is 9.46. The standard InChI is InChI=1S/C19H34O4Si/c1-17(2,3)24(7,8)19-10-9-13(15(20)22-5)11-18(19,4)12-14(19)16(21)23-6/h13-14H,9-12H2,1-8H3/t13-,14-,18-,19-/m1/s1. The lowest BCUT2D eigenvalue weighted by Crippen LogP contribution is -2.70. The molecule has 4 atom stereocenters. The van der Waals surface area contributed by atoms with Crippen molar-refractivity contribution in [2.75, 3.05) is 14.2 Å². The molecule has 0 spiro atoms. The van der Waals surface area contributed by atoms with Crippen molar-refractivity contribution in [3.8, 4) is 0 Å². The lowest BCUT2D eigenvalue weighted by Gasteiger charge is -2.73. The molecule has 24 heavy (non-hydrogen) atoms. The second kappa shape index (κ2) is 5.86. The van der Waals surface area contributed by atoms with Crippen LogP contribution in [0.15, 0.2) is 0 Å². The molecule has 0 bridgehead atoms. The molecular formula is C19H34O4Si. The van der Waals surface area contributed by atoms with E-state index in [2.05, 4.69) is 40.8 Å². The van der Waals surface area contributed by atoms with Crippen molar-refractivity contribution >= 4 is 20.0 Å². The first kappa shape index (κ1) is 19.5. The minimum absolute atomic E-state index is 0.00410. The van der Waals surface area contributed by atoms with E-state index in [0.29, 0.717) is 0 Å². The van der Waals surface area contributed by atoms with Gasteiger partial charge in [0.05, 0.1) is 34.1 Å². The van der Waals surface area contributed by atoms with Gasteiger partial charge in [0, 0.05) is 0 Å². The third-order valence-electron chi connectivity index (χ3n) is 7.92. The normalized spacial score (nSPS) is 36.3. The third-order valence-corrected chi connectivity index (χ3v) is 15.1. The summed E-state index contributed by atoms with van der Waals surface area (Å²) in [4.78, 5) is 24.7. The van der Waals surface area contributed by atoms with E-state index in [4.69, 9.17) is 9.47 Å². The van der Waals surface area contributed by atoms with Gasteiger partial charge in [-0.3, -0.25) is 9.59 Å². The van der Waals surface area contributed by atoms with E-state index in [0.717, 1.165) is 25.7 Å². The summed E-state index contributed by atoms with van der Waals surface area (Å²) in [5, 5.41) is 0.176. The highest BCUT2D eigenvalue weighted by atomic mass is 28.3. The Labute approximate surface area is 147 Å². The second-order valence-corrected chi connectivity index (χ2v) is 15.3. The van der Waals surface area contributed by atoms with E-state index in [-0.39, 0.29) is 39.3 Å². The summed E-state index contributed by atoms with van der Waals surface area (Å²) < 4.78 is 10.2. The Bertz CT molecular complexity index is 536. The molecular weight excluding hydrogens is 320 g/mol. The van der Waals surface area contributed by atoms with E-state index in [1.54, 1.807) is 0 Å². The number of ether oxygens (including phenoxy) is 2. The highest BCUT2D eigenvalue weighted by Crippen LogP contribution is 2.79. The first-order valence-electron chi connectivity index (χ1n) is 9.03. The number of methoxy groups -OCH3 is 2. The van der Waals surface area contributed by atoms with Crippen molar-refractivity contribution < 1.29 is 19.1 Å². The fourth-order valence-corrected chi connectivity index (χ4v) is 10.8. The van der Waals surface area contributed by atoms with Crippen LogP contribution in [-0.4, -0.2) is 34.2 Å². The number of carbonyl (C=O) groups excluding carboxylic acids is 2. The van der Waals surface area contributed by atoms with Crippen molar-refractivity contribution in [1.29, 1.82) is 0 Å². The van der Waals surface area contributed by atoms with Crippen LogP contribution in [0.1, 0.15) is 53.4 Å². The van der Waals surface area contributed by atoms with Gasteiger partial charge in [-0.15, -0.1) is 0 Å². The Morgan fingerprint density at radius 2 is 1.58 bits per heavy atom. The topological polar surface area (TPSA) is 52.6 Å². The fraction of sp³-hybridized carbons (Fsp3) is 0.895. The van der Waals surface area contributed by atoms with Gasteiger partial charge in [0.15, 0.2) is 0 Å². The zero-order valence-electron chi connectivity index (χ0n) is 16.6. The summed E-state index contributed by atoms with van der Waals surface area (Å²) >= 11 is 0. The van der Waals surface area contributed by atoms with E-state index in [1.807, 2.05) is 0 Å². The Balaban J connectivity index is 2.48. The number of carbonyl (C=O) groups is 2. The molecule has 0 radical (unpaired) electrons. The summed E-state index contributed by atoms with van der Waals surface area (Å²) in [6.45, 7) is 14.1. The predicted molar refractivity (Wildman–Crippen MR) is 97.5 cm³/mol. The lowest BCUT2D eigenvalue weighted by molar-refractivity contribution is -0.170. The Kier molecular flexibility index (Phi) is 4.75. The van der Waals surface area contributed by atoms with Gasteiger partial charge < -0.3 is 9.47 Å². The fourth-order valence-electron chi connectivity index (χ4n) is 5.85. The maximum absolute atomic E-state index is 12.5. The molecule has 0 aromatic carbocycles. The van der Waals surface area contributed by atoms with Crippen LogP contribution in [-0.2, 0) is 19.1 Å². The van der Waals surface area contributed by atoms with Crippen molar-refractivity contribution in [2.24, 2.45) is 17.3 Å². The summed E-state index contributed by atoms with van der Waals surface area (Å²) in [6, 6.07) is 0. The van der Waals surface area contributed by atoms with Gasteiger partial charge in [-0.25, -0.2) is 0 Å². The molecule has 2 aliphatic rings. The van der Waals surface area contributed by atoms with Crippen LogP contribution in [0.4, 0.5) is 0 Å². The maximum atomic E-state index is 12.5. The second-order valence-electron chi connectivity index (χ2n) is 9.65. The molecule has 4 nitrogen and oxygen atoms in total. The van der Waals surface area contributed by atoms with Crippen LogP contribution in [0.25, 0.3) is 0 Å². The molecule has 138 valence electrons. The van der Waals surface area contributed by atoms with Crippen LogP contribution in [0.2, 0.25) is 23.2 Å². The van der Waals surface area contributed by atoms with E-state index < -0.39 is 8.07 Å². The molecule has 0 unspecified atom stereocenters. The van der Waals surface area contributed by atoms with Gasteiger partial charge in [-0.05, 0) is 41.2 Å². The minimum Gasteiger partial charge on any atom is -0.469 e. The van der Waals surface area contributed by atoms with Gasteiger partial charge in [0.25, 0.3) is 0 Å². The predicted octanol–water partition coefficient (Wildman–Crippen LogP) is 4.41. The van der Waals surface area contributed by atoms with Gasteiger partial charge in [0.1, 0.15) is 0 Å². The summed E-state index contributed by atoms with van der Waals surface area (Å²) in [5.41, 5.74) is 0.0198. The quantitative estimate of drug-likeness (QED) is 0.556. The molecule has 0 amide bonds. The molecule has 0 aromatic heterocycles. The molecule has 2 saturated carbocycles. The number of fused-ring (bicyclic) bond motifs is 1. The Hall–Kier alpha value is -0.843. The van der Waals surface area contributed by atoms with Crippen LogP contribution in [0.3, 0.4) is 0 Å². The minimum atomic E-state index is -1.85. The maximum Gasteiger partial charge on any atom is 0.308 e. The molecule has 0 N–H and O–H groups in total. The first-order valence-corrected chi connectivity index (χ1v) is 12.0. The molecule has 2 rings (SSSR count). The monoisotopic (exact) mass is 354 g/mol. The summed E-state index contributed by atoms with van der Waals surface area (Å²) in [5.74, 6) is -0.209. The zero-order chi connectivity index (χ0) is 18.6. The van der Waals surface area contributed by atoms with Gasteiger partial charge in [-0.2, -0.15) is 0 Å². The largest absolute Gasteiger partial charge is 0.469 e. The zero-order valence-corrected chi connectivity index (χ0v) is 17.6. The number of esters is 2. The highest BCUT2D eigenvalue weighted by Gasteiger charge is 2.74. The number of hydrogen-bond acceptors (Lipinski definition) is 4. The van der Waals surface area contributed by atoms with Crippen LogP contribution >= 0.6 is 0 Å². The average molecular weight is 355 g/mol. The van der Waals surface area contributed by atoms with Crippen molar-refractivity contribution in [3.63, 3.8) is 0 Å². The molecule has 0 heterocycles. The van der Waals surface area contributed by atoms with Crippen LogP contribution in [0.5, 0.6) is 0 Å². The summed E-state index contributed by atoms with van der Waals surface area (Å²) in [6.07, 6.45) is 3.42. The van der Waals surface area contributed by atoms with Crippen molar-refractivity contribution in [1.82, 2.24) is 0 Å². The summed E-state index contributed by atoms with van der Waals surface area (Å²) in [7, 11) is 1.12. The van der Waals surface area contributed by atoms with Gasteiger partial charge in [-0.1, -0.05) is 40.8 Å². The van der Waals surface area contributed by atoms with Crippen LogP contribution < -0.4 is 0 Å². The molecule has 2 aliphatic carbocycles. The first-order chi connectivity index (χ1) is 10.9. The van der Waals surface area contributed by atoms with E-state index in [9.17, 15) is 9.59 Å². The van der Waals surface area contributed by atoms with E-state index in [1.165, 1.54) is 14.2 Å². The molecule has 0 aromatic rings. The average Bonchev–Trinajstić information content (AvgIpc) is 2.48. The van der Waals surface area contributed by atoms with Gasteiger partial charge in [0.2, 0.25) is 0 Å². The molecule has 0 aliphatic heterocycles. The third kappa shape index (κ3) is 2.38.